The standard InChI is InChI=1S/C33H36N2O5/c1-22(2)31-21-38-17-7-8-18-39-24-15-13-23(14-16-24)19-30(32(36)34-31)35-33(37)40-20-29-27-11-5-3-9-25(27)26-10-4-6-12-28(26)29/h3-16,22,29-31H,17-21H2,1-2H3,(H,34,36)(H,35,37)/b8-7-/t30-,31-/m1/s1. The topological polar surface area (TPSA) is 85.9 Å². The summed E-state index contributed by atoms with van der Waals surface area (Å²) < 4.78 is 17.3. The Morgan fingerprint density at radius 3 is 2.27 bits per heavy atom. The molecule has 3 aliphatic rings. The lowest BCUT2D eigenvalue weighted by atomic mass is 9.98. The van der Waals surface area contributed by atoms with Crippen LogP contribution in [0.2, 0.25) is 0 Å². The number of hydrogen-bond donors (Lipinski definition) is 2. The van der Waals surface area contributed by atoms with Crippen LogP contribution in [0.3, 0.4) is 0 Å². The average Bonchev–Trinajstić information content (AvgIpc) is 3.28. The molecule has 208 valence electrons. The number of amides is 2. The average molecular weight is 541 g/mol. The van der Waals surface area contributed by atoms with Crippen molar-refractivity contribution < 1.29 is 23.8 Å². The highest BCUT2D eigenvalue weighted by atomic mass is 16.5. The fourth-order valence-corrected chi connectivity index (χ4v) is 5.18. The Labute approximate surface area is 235 Å². The van der Waals surface area contributed by atoms with Gasteiger partial charge in [-0.05, 0) is 51.9 Å². The van der Waals surface area contributed by atoms with E-state index in [4.69, 9.17) is 14.2 Å². The van der Waals surface area contributed by atoms with Crippen molar-refractivity contribution >= 4 is 12.0 Å². The third-order valence-corrected chi connectivity index (χ3v) is 7.47. The summed E-state index contributed by atoms with van der Waals surface area (Å²) in [7, 11) is 0. The fraction of sp³-hybridized carbons (Fsp3) is 0.333. The van der Waals surface area contributed by atoms with Gasteiger partial charge in [0.1, 0.15) is 25.0 Å². The van der Waals surface area contributed by atoms with E-state index < -0.39 is 12.1 Å². The van der Waals surface area contributed by atoms with E-state index in [2.05, 4.69) is 34.9 Å². The van der Waals surface area contributed by atoms with Crippen LogP contribution in [-0.2, 0) is 20.7 Å². The summed E-state index contributed by atoms with van der Waals surface area (Å²) >= 11 is 0. The molecule has 0 spiro atoms. The molecule has 0 unspecified atom stereocenters. The molecular formula is C33H36N2O5. The van der Waals surface area contributed by atoms with Crippen molar-refractivity contribution in [3.8, 4) is 16.9 Å². The summed E-state index contributed by atoms with van der Waals surface area (Å²) in [4.78, 5) is 26.6. The molecule has 3 aromatic carbocycles. The Morgan fingerprint density at radius 1 is 0.950 bits per heavy atom. The summed E-state index contributed by atoms with van der Waals surface area (Å²) in [5, 5.41) is 5.92. The van der Waals surface area contributed by atoms with Gasteiger partial charge < -0.3 is 24.8 Å². The molecule has 2 heterocycles. The van der Waals surface area contributed by atoms with E-state index in [-0.39, 0.29) is 30.4 Å². The van der Waals surface area contributed by atoms with E-state index in [1.807, 2.05) is 74.5 Å². The molecule has 7 heteroatoms. The Bertz CT molecular complexity index is 1310. The first-order valence-electron chi connectivity index (χ1n) is 13.9. The van der Waals surface area contributed by atoms with Crippen LogP contribution < -0.4 is 15.4 Å². The minimum Gasteiger partial charge on any atom is -0.490 e. The molecule has 7 nitrogen and oxygen atoms in total. The van der Waals surface area contributed by atoms with Gasteiger partial charge in [0.2, 0.25) is 5.91 Å². The molecular weight excluding hydrogens is 504 g/mol. The summed E-state index contributed by atoms with van der Waals surface area (Å²) in [6.07, 6.45) is 3.50. The molecule has 2 aliphatic heterocycles. The number of ether oxygens (including phenoxy) is 3. The van der Waals surface area contributed by atoms with E-state index in [1.165, 1.54) is 0 Å². The zero-order valence-corrected chi connectivity index (χ0v) is 23.0. The predicted octanol–water partition coefficient (Wildman–Crippen LogP) is 5.24. The monoisotopic (exact) mass is 540 g/mol. The quantitative estimate of drug-likeness (QED) is 0.442. The minimum absolute atomic E-state index is 0.0620. The molecule has 2 N–H and O–H groups in total. The van der Waals surface area contributed by atoms with Crippen molar-refractivity contribution in [2.24, 2.45) is 5.92 Å². The van der Waals surface area contributed by atoms with E-state index in [0.29, 0.717) is 26.2 Å². The van der Waals surface area contributed by atoms with Crippen molar-refractivity contribution in [1.29, 1.82) is 0 Å². The number of carbonyl (C=O) groups is 2. The number of rotatable bonds is 4. The number of carbonyl (C=O) groups excluding carboxylic acids is 2. The van der Waals surface area contributed by atoms with Crippen LogP contribution >= 0.6 is 0 Å². The first-order chi connectivity index (χ1) is 19.5. The van der Waals surface area contributed by atoms with Gasteiger partial charge in [-0.1, -0.05) is 80.6 Å². The van der Waals surface area contributed by atoms with Crippen molar-refractivity contribution in [3.63, 3.8) is 0 Å². The maximum absolute atomic E-state index is 13.5. The van der Waals surface area contributed by atoms with Crippen molar-refractivity contribution in [2.75, 3.05) is 26.4 Å². The molecule has 0 saturated carbocycles. The fourth-order valence-electron chi connectivity index (χ4n) is 5.18. The van der Waals surface area contributed by atoms with Crippen LogP contribution in [-0.4, -0.2) is 50.5 Å². The normalized spacial score (nSPS) is 20.2. The maximum Gasteiger partial charge on any atom is 0.407 e. The van der Waals surface area contributed by atoms with Gasteiger partial charge in [-0.2, -0.15) is 0 Å². The predicted molar refractivity (Wildman–Crippen MR) is 154 cm³/mol. The van der Waals surface area contributed by atoms with Crippen LogP contribution in [0.4, 0.5) is 4.79 Å². The van der Waals surface area contributed by atoms with E-state index >= 15 is 0 Å². The summed E-state index contributed by atoms with van der Waals surface area (Å²) in [5.41, 5.74) is 5.49. The first kappa shape index (κ1) is 27.5. The SMILES string of the molecule is CC(C)[C@H]1COC/C=C\COc2ccc(cc2)C[C@@H](NC(=O)OCC2c3ccccc3-c3ccccc32)C(=O)N1. The molecule has 0 saturated heterocycles. The molecule has 3 aromatic rings. The maximum atomic E-state index is 13.5. The van der Waals surface area contributed by atoms with Crippen molar-refractivity contribution in [2.45, 2.75) is 38.3 Å². The number of alkyl carbamates (subject to hydrolysis) is 1. The van der Waals surface area contributed by atoms with Crippen LogP contribution in [0, 0.1) is 5.92 Å². The van der Waals surface area contributed by atoms with E-state index in [1.54, 1.807) is 0 Å². The molecule has 40 heavy (non-hydrogen) atoms. The van der Waals surface area contributed by atoms with Crippen LogP contribution in [0.25, 0.3) is 11.1 Å². The van der Waals surface area contributed by atoms with Gasteiger partial charge >= 0.3 is 6.09 Å². The van der Waals surface area contributed by atoms with Crippen LogP contribution in [0.1, 0.15) is 36.5 Å². The summed E-state index contributed by atoms with van der Waals surface area (Å²) in [6.45, 7) is 5.46. The number of hydrogen-bond acceptors (Lipinski definition) is 5. The Balaban J connectivity index is 1.30. The molecule has 2 amide bonds. The zero-order valence-electron chi connectivity index (χ0n) is 23.0. The van der Waals surface area contributed by atoms with Gasteiger partial charge in [-0.25, -0.2) is 4.79 Å². The summed E-state index contributed by atoms with van der Waals surface area (Å²) in [6, 6.07) is 22.9. The van der Waals surface area contributed by atoms with E-state index in [9.17, 15) is 9.59 Å². The third-order valence-electron chi connectivity index (χ3n) is 7.47. The zero-order chi connectivity index (χ0) is 27.9. The lowest BCUT2D eigenvalue weighted by Crippen LogP contribution is -2.53. The lowest BCUT2D eigenvalue weighted by molar-refractivity contribution is -0.124. The van der Waals surface area contributed by atoms with Crippen molar-refractivity contribution in [3.05, 3.63) is 102 Å². The number of fused-ring (bicyclic) bond motifs is 15. The van der Waals surface area contributed by atoms with Gasteiger partial charge in [0.25, 0.3) is 0 Å². The minimum atomic E-state index is -0.823. The molecule has 6 rings (SSSR count). The molecule has 1 aliphatic carbocycles. The van der Waals surface area contributed by atoms with Crippen LogP contribution in [0.15, 0.2) is 84.9 Å². The Kier molecular flexibility index (Phi) is 8.81. The smallest absolute Gasteiger partial charge is 0.407 e. The highest BCUT2D eigenvalue weighted by Gasteiger charge is 2.30. The van der Waals surface area contributed by atoms with Crippen molar-refractivity contribution in [1.82, 2.24) is 10.6 Å². The summed E-state index contributed by atoms with van der Waals surface area (Å²) in [5.74, 6) is 0.531. The van der Waals surface area contributed by atoms with Gasteiger partial charge in [0.15, 0.2) is 0 Å². The lowest BCUT2D eigenvalue weighted by Gasteiger charge is -2.26. The largest absolute Gasteiger partial charge is 0.490 e. The van der Waals surface area contributed by atoms with Gasteiger partial charge in [-0.15, -0.1) is 0 Å². The first-order valence-corrected chi connectivity index (χ1v) is 13.9. The second-order valence-electron chi connectivity index (χ2n) is 10.5. The molecule has 2 bridgehead atoms. The molecule has 2 atom stereocenters. The van der Waals surface area contributed by atoms with Gasteiger partial charge in [0.05, 0.1) is 19.3 Å². The van der Waals surface area contributed by atoms with E-state index in [0.717, 1.165) is 33.6 Å². The van der Waals surface area contributed by atoms with Gasteiger partial charge in [-0.3, -0.25) is 4.79 Å². The second kappa shape index (κ2) is 12.8. The highest BCUT2D eigenvalue weighted by Crippen LogP contribution is 2.44. The molecule has 0 fully saturated rings. The van der Waals surface area contributed by atoms with Gasteiger partial charge in [0, 0.05) is 12.3 Å². The number of nitrogens with one attached hydrogen (secondary N) is 2. The highest BCUT2D eigenvalue weighted by molar-refractivity contribution is 5.86. The Hall–Kier alpha value is -4.10. The molecule has 0 aromatic heterocycles. The number of benzene rings is 3. The molecule has 0 radical (unpaired) electrons. The Morgan fingerprint density at radius 2 is 1.60 bits per heavy atom. The second-order valence-corrected chi connectivity index (χ2v) is 10.5. The third kappa shape index (κ3) is 6.54. The van der Waals surface area contributed by atoms with Crippen LogP contribution in [0.5, 0.6) is 5.75 Å².